The van der Waals surface area contributed by atoms with Crippen LogP contribution >= 0.6 is 70.4 Å². The Morgan fingerprint density at radius 3 is 0.462 bits per heavy atom. The first-order valence-electron chi connectivity index (χ1n) is 6.83. The largest absolute Gasteiger partial charge is 0.490 e. The van der Waals surface area contributed by atoms with E-state index in [0.29, 0.717) is 0 Å². The number of phosphoric acid groups is 9. The Balaban J connectivity index is -0.000000524. The van der Waals surface area contributed by atoms with Crippen LogP contribution < -0.4 is 0 Å². The molecule has 39 heteroatoms. The minimum Gasteiger partial charge on any atom is -0.302 e. The lowest BCUT2D eigenvalue weighted by Gasteiger charge is -2.15. The van der Waals surface area contributed by atoms with Crippen molar-refractivity contribution in [2.45, 2.75) is 0 Å². The van der Waals surface area contributed by atoms with Crippen LogP contribution in [0.4, 0.5) is 0 Å². The molecule has 0 rings (SSSR count). The molecule has 0 aliphatic carbocycles. The molecular formula is H15O30P9. The molecule has 0 aliphatic rings. The first-order chi connectivity index (χ1) is 16.2. The number of rotatable bonds is 12. The van der Waals surface area contributed by atoms with E-state index >= 15 is 0 Å². The molecule has 0 fully saturated rings. The van der Waals surface area contributed by atoms with Crippen LogP contribution in [0.3, 0.4) is 0 Å². The summed E-state index contributed by atoms with van der Waals surface area (Å²) in [6, 6.07) is 0. The maximum absolute atomic E-state index is 10.7. The van der Waals surface area contributed by atoms with Crippen molar-refractivity contribution in [3.63, 3.8) is 0 Å². The van der Waals surface area contributed by atoms with E-state index in [1.807, 2.05) is 0 Å². The molecular weight excluding hydrogens is 759 g/mol. The lowest BCUT2D eigenvalue weighted by molar-refractivity contribution is 0.190. The predicted molar refractivity (Wildman–Crippen MR) is 108 cm³/mol. The zero-order valence-corrected chi connectivity index (χ0v) is 24.9. The van der Waals surface area contributed by atoms with E-state index in [4.69, 9.17) is 73.4 Å². The lowest BCUT2D eigenvalue weighted by Crippen LogP contribution is -1.95. The molecule has 30 nitrogen and oxygen atoms in total. The molecule has 0 saturated carbocycles. The van der Waals surface area contributed by atoms with E-state index in [1.165, 1.54) is 0 Å². The normalized spacial score (nSPS) is 17.0. The van der Waals surface area contributed by atoms with Crippen molar-refractivity contribution >= 4 is 70.4 Å². The fourth-order valence-electron chi connectivity index (χ4n) is 0.851. The Morgan fingerprint density at radius 1 is 0.231 bits per heavy atom. The van der Waals surface area contributed by atoms with Crippen LogP contribution in [0.15, 0.2) is 0 Å². The maximum Gasteiger partial charge on any atom is 0.490 e. The van der Waals surface area contributed by atoms with Gasteiger partial charge >= 0.3 is 70.4 Å². The summed E-state index contributed by atoms with van der Waals surface area (Å²) in [4.78, 5) is 121. The van der Waals surface area contributed by atoms with Crippen molar-refractivity contribution in [2.75, 3.05) is 0 Å². The van der Waals surface area contributed by atoms with Crippen molar-refractivity contribution in [1.29, 1.82) is 0 Å². The fraction of sp³-hybridized carbons (Fsp3) is 0. The Kier molecular flexibility index (Phi) is 17.5. The fourth-order valence-corrected chi connectivity index (χ4v) is 8.47. The highest BCUT2D eigenvalue weighted by Gasteiger charge is 2.44. The minimum absolute atomic E-state index is 2.96. The van der Waals surface area contributed by atoms with Gasteiger partial charge in [-0.25, -0.2) is 41.1 Å². The molecule has 0 aromatic rings. The highest BCUT2D eigenvalue weighted by molar-refractivity contribution is 7.69. The minimum atomic E-state index is -5.77. The van der Waals surface area contributed by atoms with E-state index in [0.717, 1.165) is 0 Å². The van der Waals surface area contributed by atoms with Crippen LogP contribution in [-0.4, -0.2) is 73.4 Å². The third kappa shape index (κ3) is 39.2. The Morgan fingerprint density at radius 2 is 0.359 bits per heavy atom. The van der Waals surface area contributed by atoms with Gasteiger partial charge in [0.25, 0.3) is 0 Å². The van der Waals surface area contributed by atoms with Gasteiger partial charge in [0.15, 0.2) is 0 Å². The van der Waals surface area contributed by atoms with Crippen molar-refractivity contribution in [2.24, 2.45) is 0 Å². The molecule has 0 aliphatic heterocycles. The molecule has 0 radical (unpaired) electrons. The Hall–Kier alpha value is 1.23. The van der Waals surface area contributed by atoms with Gasteiger partial charge in [-0.05, 0) is 0 Å². The Bertz CT molecular complexity index is 1110. The zero-order chi connectivity index (χ0) is 32.7. The van der Waals surface area contributed by atoms with Crippen molar-refractivity contribution in [3.05, 3.63) is 0 Å². The zero-order valence-electron chi connectivity index (χ0n) is 16.9. The first-order valence-corrected chi connectivity index (χ1v) is 20.5. The van der Waals surface area contributed by atoms with Gasteiger partial charge in [0, 0.05) is 0 Å². The second kappa shape index (κ2) is 15.3. The van der Waals surface area contributed by atoms with Crippen LogP contribution in [0, 0.1) is 0 Å². The van der Waals surface area contributed by atoms with E-state index in [2.05, 4.69) is 25.9 Å². The maximum atomic E-state index is 10.7. The van der Waals surface area contributed by atoms with Gasteiger partial charge in [-0.1, -0.05) is 0 Å². The first kappa shape index (κ1) is 44.7. The monoisotopic (exact) mass is 774 g/mol. The second-order valence-electron chi connectivity index (χ2n) is 4.84. The molecule has 0 aromatic heterocycles. The quantitative estimate of drug-likeness (QED) is 0.0946. The highest BCUT2D eigenvalue weighted by Crippen LogP contribution is 2.70. The van der Waals surface area contributed by atoms with Crippen LogP contribution in [0.5, 0.6) is 0 Å². The summed E-state index contributed by atoms with van der Waals surface area (Å²) in [5.74, 6) is 0. The molecule has 2 unspecified atom stereocenters. The number of hydrogen-bond acceptors (Lipinski definition) is 15. The SMILES string of the molecule is O=P(O)(O)OP(=O)(O)O.O=P(O)(O)OP(=O)(O)OP(=O)(O)O.O=P(O)(O)OP(=O)(O)OP(=O)(O)OP(=O)(O)O. The van der Waals surface area contributed by atoms with Gasteiger partial charge < -0.3 is 73.4 Å². The average molecular weight is 774 g/mol. The Labute approximate surface area is 211 Å². The van der Waals surface area contributed by atoms with E-state index in [1.54, 1.807) is 0 Å². The van der Waals surface area contributed by atoms with Crippen LogP contribution in [0.1, 0.15) is 0 Å². The third-order valence-corrected chi connectivity index (χ3v) is 11.3. The topological polar surface area (TPSA) is 512 Å². The average Bonchev–Trinajstić information content (AvgIpc) is 2.28. The molecule has 0 bridgehead atoms. The molecule has 0 spiro atoms. The molecule has 15 N–H and O–H groups in total. The summed E-state index contributed by atoms with van der Waals surface area (Å²) in [7, 11) is -48.9. The molecule has 240 valence electrons. The van der Waals surface area contributed by atoms with Crippen LogP contribution in [0.25, 0.3) is 0 Å². The molecule has 0 aromatic carbocycles. The highest BCUT2D eigenvalue weighted by atomic mass is 31.3. The predicted octanol–water partition coefficient (Wildman–Crippen LogP) is -2.08. The summed E-state index contributed by atoms with van der Waals surface area (Å²) in [5, 5.41) is 0. The molecule has 0 heterocycles. The van der Waals surface area contributed by atoms with Crippen LogP contribution in [0.2, 0.25) is 0 Å². The van der Waals surface area contributed by atoms with Gasteiger partial charge in [0.05, 0.1) is 0 Å². The van der Waals surface area contributed by atoms with E-state index in [-0.39, 0.29) is 0 Å². The van der Waals surface area contributed by atoms with Crippen molar-refractivity contribution in [3.8, 4) is 0 Å². The number of hydrogen-bond donors (Lipinski definition) is 15. The summed E-state index contributed by atoms with van der Waals surface area (Å²) >= 11 is 0. The van der Waals surface area contributed by atoms with Crippen molar-refractivity contribution < 1.29 is 140 Å². The van der Waals surface area contributed by atoms with Gasteiger partial charge in [0.2, 0.25) is 0 Å². The van der Waals surface area contributed by atoms with E-state index in [9.17, 15) is 41.1 Å². The van der Waals surface area contributed by atoms with Gasteiger partial charge in [-0.15, -0.1) is 0 Å². The molecule has 2 atom stereocenters. The van der Waals surface area contributed by atoms with Crippen LogP contribution in [-0.2, 0) is 66.9 Å². The van der Waals surface area contributed by atoms with Crippen molar-refractivity contribution in [1.82, 2.24) is 0 Å². The smallest absolute Gasteiger partial charge is 0.302 e. The summed E-state index contributed by atoms with van der Waals surface area (Å²) in [6.45, 7) is 0. The summed E-state index contributed by atoms with van der Waals surface area (Å²) < 4.78 is 109. The van der Waals surface area contributed by atoms with E-state index < -0.39 is 70.4 Å². The van der Waals surface area contributed by atoms with Gasteiger partial charge in [-0.3, -0.25) is 0 Å². The second-order valence-corrected chi connectivity index (χ2v) is 17.5. The molecule has 0 saturated heterocycles. The standard InChI is InChI=1S/H6O13P4.H5O10P3.H4O7P2/c1-14(2,3)11-16(7,8)13-17(9,10)12-15(4,5)6;1-11(2,3)9-13(7,8)10-12(4,5)6;1-8(2,3)7-9(4,5)6/h(H,7,8)(H,9,10)(H2,1,2,3)(H2,4,5,6);(H,7,8)(H2,1,2,3)(H2,4,5,6);(H2,1,2,3)(H2,4,5,6). The molecule has 39 heavy (non-hydrogen) atoms. The summed E-state index contributed by atoms with van der Waals surface area (Å²) in [5.41, 5.74) is 0. The lowest BCUT2D eigenvalue weighted by atomic mass is 15.7. The molecule has 0 amide bonds. The van der Waals surface area contributed by atoms with Gasteiger partial charge in [0.1, 0.15) is 0 Å². The van der Waals surface area contributed by atoms with Gasteiger partial charge in [-0.2, -0.15) is 25.9 Å². The third-order valence-electron chi connectivity index (χ3n) is 1.26. The summed E-state index contributed by atoms with van der Waals surface area (Å²) in [6.07, 6.45) is 0.